The van der Waals surface area contributed by atoms with Crippen LogP contribution in [0.1, 0.15) is 34.6 Å². The van der Waals surface area contributed by atoms with Crippen molar-refractivity contribution in [2.24, 2.45) is 11.1 Å². The Labute approximate surface area is 94.0 Å². The summed E-state index contributed by atoms with van der Waals surface area (Å²) in [6.45, 7) is 13.7. The quantitative estimate of drug-likeness (QED) is 0.756. The Morgan fingerprint density at radius 1 is 1.40 bits per heavy atom. The number of hydrogen-bond donors (Lipinski definition) is 1. The molecule has 1 aliphatic heterocycles. The van der Waals surface area contributed by atoms with Crippen LogP contribution in [0.4, 0.5) is 0 Å². The van der Waals surface area contributed by atoms with Crippen molar-refractivity contribution in [1.82, 2.24) is 4.90 Å². The van der Waals surface area contributed by atoms with Gasteiger partial charge in [0, 0.05) is 25.2 Å². The van der Waals surface area contributed by atoms with Gasteiger partial charge in [-0.3, -0.25) is 4.90 Å². The summed E-state index contributed by atoms with van der Waals surface area (Å²) in [6, 6.07) is 0.722. The molecular formula is C12H26N2O. The molecule has 3 unspecified atom stereocenters. The maximum absolute atomic E-state index is 6.21. The number of nitrogens with two attached hydrogens (primary N) is 1. The van der Waals surface area contributed by atoms with Gasteiger partial charge in [0.25, 0.3) is 0 Å². The second-order valence-electron chi connectivity index (χ2n) is 5.92. The molecule has 1 fully saturated rings. The van der Waals surface area contributed by atoms with Crippen molar-refractivity contribution in [3.63, 3.8) is 0 Å². The van der Waals surface area contributed by atoms with E-state index in [0.29, 0.717) is 12.1 Å². The summed E-state index contributed by atoms with van der Waals surface area (Å²) in [4.78, 5) is 2.45. The van der Waals surface area contributed by atoms with E-state index in [1.54, 1.807) is 0 Å². The lowest BCUT2D eigenvalue weighted by molar-refractivity contribution is -0.0541. The first kappa shape index (κ1) is 12.9. The first-order valence-electron chi connectivity index (χ1n) is 5.92. The molecule has 0 saturated carbocycles. The van der Waals surface area contributed by atoms with Gasteiger partial charge >= 0.3 is 0 Å². The standard InChI is InChI=1S/C12H26N2O/c1-9-8-15-10(2)6-14(9)7-11(13)12(3,4)5/h9-11H,6-8,13H2,1-5H3. The van der Waals surface area contributed by atoms with E-state index in [2.05, 4.69) is 39.5 Å². The van der Waals surface area contributed by atoms with Crippen molar-refractivity contribution in [3.8, 4) is 0 Å². The van der Waals surface area contributed by atoms with Gasteiger partial charge in [-0.25, -0.2) is 0 Å². The maximum atomic E-state index is 6.21. The Morgan fingerprint density at radius 2 is 2.00 bits per heavy atom. The number of ether oxygens (including phenoxy) is 1. The molecule has 2 N–H and O–H groups in total. The van der Waals surface area contributed by atoms with Gasteiger partial charge in [-0.1, -0.05) is 20.8 Å². The molecule has 0 aromatic heterocycles. The van der Waals surface area contributed by atoms with Crippen LogP contribution in [0.25, 0.3) is 0 Å². The molecular weight excluding hydrogens is 188 g/mol. The van der Waals surface area contributed by atoms with Crippen molar-refractivity contribution in [1.29, 1.82) is 0 Å². The Bertz CT molecular complexity index is 200. The van der Waals surface area contributed by atoms with Crippen molar-refractivity contribution >= 4 is 0 Å². The summed E-state index contributed by atoms with van der Waals surface area (Å²) in [5, 5.41) is 0. The zero-order valence-corrected chi connectivity index (χ0v) is 10.8. The van der Waals surface area contributed by atoms with Crippen LogP contribution in [-0.4, -0.2) is 42.8 Å². The lowest BCUT2D eigenvalue weighted by atomic mass is 9.87. The molecule has 3 atom stereocenters. The average molecular weight is 214 g/mol. The molecule has 1 rings (SSSR count). The van der Waals surface area contributed by atoms with E-state index in [1.165, 1.54) is 0 Å². The minimum Gasteiger partial charge on any atom is -0.376 e. The van der Waals surface area contributed by atoms with E-state index < -0.39 is 0 Å². The molecule has 0 bridgehead atoms. The van der Waals surface area contributed by atoms with Crippen molar-refractivity contribution in [2.75, 3.05) is 19.7 Å². The predicted molar refractivity (Wildman–Crippen MR) is 63.9 cm³/mol. The van der Waals surface area contributed by atoms with E-state index in [4.69, 9.17) is 10.5 Å². The van der Waals surface area contributed by atoms with Gasteiger partial charge < -0.3 is 10.5 Å². The third-order valence-electron chi connectivity index (χ3n) is 3.28. The Hall–Kier alpha value is -0.120. The normalized spacial score (nSPS) is 31.6. The Morgan fingerprint density at radius 3 is 2.53 bits per heavy atom. The zero-order valence-electron chi connectivity index (χ0n) is 10.8. The molecule has 0 amide bonds. The number of morpholine rings is 1. The first-order chi connectivity index (χ1) is 6.80. The van der Waals surface area contributed by atoms with Gasteiger partial charge in [0.15, 0.2) is 0 Å². The van der Waals surface area contributed by atoms with Gasteiger partial charge in [-0.05, 0) is 19.3 Å². The van der Waals surface area contributed by atoms with E-state index in [0.717, 1.165) is 19.7 Å². The monoisotopic (exact) mass is 214 g/mol. The SMILES string of the molecule is CC1CN(CC(N)C(C)(C)C)C(C)CO1. The highest BCUT2D eigenvalue weighted by Crippen LogP contribution is 2.20. The highest BCUT2D eigenvalue weighted by Gasteiger charge is 2.28. The third kappa shape index (κ3) is 3.74. The molecule has 0 aromatic carbocycles. The van der Waals surface area contributed by atoms with Crippen LogP contribution >= 0.6 is 0 Å². The van der Waals surface area contributed by atoms with Gasteiger partial charge in [0.2, 0.25) is 0 Å². The van der Waals surface area contributed by atoms with Crippen LogP contribution in [0.5, 0.6) is 0 Å². The Balaban J connectivity index is 2.49. The topological polar surface area (TPSA) is 38.5 Å². The van der Waals surface area contributed by atoms with Crippen molar-refractivity contribution in [2.45, 2.75) is 52.8 Å². The number of nitrogens with zero attached hydrogens (tertiary/aromatic N) is 1. The molecule has 0 aliphatic carbocycles. The smallest absolute Gasteiger partial charge is 0.0674 e. The minimum absolute atomic E-state index is 0.182. The summed E-state index contributed by atoms with van der Waals surface area (Å²) in [5.41, 5.74) is 6.39. The van der Waals surface area contributed by atoms with Crippen molar-refractivity contribution < 1.29 is 4.74 Å². The predicted octanol–water partition coefficient (Wildman–Crippen LogP) is 1.47. The van der Waals surface area contributed by atoms with E-state index in [-0.39, 0.29) is 11.5 Å². The van der Waals surface area contributed by atoms with Crippen LogP contribution in [0.3, 0.4) is 0 Å². The molecule has 0 aromatic rings. The molecule has 3 nitrogen and oxygen atoms in total. The Kier molecular flexibility index (Phi) is 4.15. The largest absolute Gasteiger partial charge is 0.376 e. The van der Waals surface area contributed by atoms with Gasteiger partial charge in [-0.15, -0.1) is 0 Å². The second-order valence-corrected chi connectivity index (χ2v) is 5.92. The lowest BCUT2D eigenvalue weighted by Gasteiger charge is -2.40. The first-order valence-corrected chi connectivity index (χ1v) is 5.92. The molecule has 1 aliphatic rings. The van der Waals surface area contributed by atoms with Gasteiger partial charge in [-0.2, -0.15) is 0 Å². The fraction of sp³-hybridized carbons (Fsp3) is 1.00. The zero-order chi connectivity index (χ0) is 11.6. The average Bonchev–Trinajstić information content (AvgIpc) is 2.09. The highest BCUT2D eigenvalue weighted by atomic mass is 16.5. The van der Waals surface area contributed by atoms with Gasteiger partial charge in [0.05, 0.1) is 12.7 Å². The van der Waals surface area contributed by atoms with Crippen molar-refractivity contribution in [3.05, 3.63) is 0 Å². The fourth-order valence-electron chi connectivity index (χ4n) is 1.75. The highest BCUT2D eigenvalue weighted by molar-refractivity contribution is 4.84. The fourth-order valence-corrected chi connectivity index (χ4v) is 1.75. The summed E-state index contributed by atoms with van der Waals surface area (Å²) in [6.07, 6.45) is 0.341. The van der Waals surface area contributed by atoms with Crippen LogP contribution < -0.4 is 5.73 Å². The molecule has 3 heteroatoms. The number of rotatable bonds is 2. The molecule has 0 radical (unpaired) electrons. The molecule has 15 heavy (non-hydrogen) atoms. The van der Waals surface area contributed by atoms with Gasteiger partial charge in [0.1, 0.15) is 0 Å². The van der Waals surface area contributed by atoms with E-state index in [9.17, 15) is 0 Å². The van der Waals surface area contributed by atoms with Crippen LogP contribution in [0.15, 0.2) is 0 Å². The van der Waals surface area contributed by atoms with E-state index >= 15 is 0 Å². The third-order valence-corrected chi connectivity index (χ3v) is 3.28. The van der Waals surface area contributed by atoms with Crippen LogP contribution in [-0.2, 0) is 4.74 Å². The molecule has 1 heterocycles. The van der Waals surface area contributed by atoms with Crippen LogP contribution in [0.2, 0.25) is 0 Å². The van der Waals surface area contributed by atoms with E-state index in [1.807, 2.05) is 0 Å². The maximum Gasteiger partial charge on any atom is 0.0674 e. The van der Waals surface area contributed by atoms with Crippen LogP contribution in [0, 0.1) is 5.41 Å². The second kappa shape index (κ2) is 4.81. The molecule has 0 spiro atoms. The summed E-state index contributed by atoms with van der Waals surface area (Å²) in [7, 11) is 0. The summed E-state index contributed by atoms with van der Waals surface area (Å²) in [5.74, 6) is 0. The summed E-state index contributed by atoms with van der Waals surface area (Å²) < 4.78 is 5.61. The molecule has 1 saturated heterocycles. The summed E-state index contributed by atoms with van der Waals surface area (Å²) >= 11 is 0. The molecule has 90 valence electrons. The number of hydrogen-bond acceptors (Lipinski definition) is 3. The minimum atomic E-state index is 0.182. The lowest BCUT2D eigenvalue weighted by Crippen LogP contribution is -2.54.